The zero-order chi connectivity index (χ0) is 9.40. The largest absolute Gasteiger partial charge is 0.315 e. The van der Waals surface area contributed by atoms with Gasteiger partial charge in [-0.05, 0) is 37.3 Å². The molecule has 1 nitrogen and oxygen atoms in total. The Kier molecular flexibility index (Phi) is 8.14. The summed E-state index contributed by atoms with van der Waals surface area (Å²) < 4.78 is 0. The van der Waals surface area contributed by atoms with E-state index in [0.29, 0.717) is 6.04 Å². The lowest BCUT2D eigenvalue weighted by Crippen LogP contribution is -2.24. The van der Waals surface area contributed by atoms with Gasteiger partial charge in [-0.1, -0.05) is 20.8 Å². The van der Waals surface area contributed by atoms with Gasteiger partial charge in [0.1, 0.15) is 0 Å². The highest BCUT2D eigenvalue weighted by atomic mass is 32.2. The van der Waals surface area contributed by atoms with Crippen LogP contribution >= 0.6 is 11.8 Å². The molecule has 2 heteroatoms. The fraction of sp³-hybridized carbons (Fsp3) is 1.00. The zero-order valence-electron chi connectivity index (χ0n) is 8.89. The van der Waals surface area contributed by atoms with Crippen LogP contribution in [0.5, 0.6) is 0 Å². The van der Waals surface area contributed by atoms with Crippen LogP contribution in [0.1, 0.15) is 33.6 Å². The fourth-order valence-electron chi connectivity index (χ4n) is 1.08. The van der Waals surface area contributed by atoms with Crippen LogP contribution in [0.4, 0.5) is 0 Å². The van der Waals surface area contributed by atoms with Crippen LogP contribution in [0.25, 0.3) is 0 Å². The maximum absolute atomic E-state index is 3.45. The van der Waals surface area contributed by atoms with Crippen LogP contribution in [-0.4, -0.2) is 24.6 Å². The number of hydrogen-bond donors (Lipinski definition) is 1. The summed E-state index contributed by atoms with van der Waals surface area (Å²) in [7, 11) is 0. The third kappa shape index (κ3) is 8.41. The van der Waals surface area contributed by atoms with E-state index in [1.165, 1.54) is 25.1 Å². The molecule has 0 heterocycles. The van der Waals surface area contributed by atoms with E-state index in [9.17, 15) is 0 Å². The van der Waals surface area contributed by atoms with Gasteiger partial charge in [0, 0.05) is 6.04 Å². The zero-order valence-corrected chi connectivity index (χ0v) is 9.71. The molecule has 12 heavy (non-hydrogen) atoms. The summed E-state index contributed by atoms with van der Waals surface area (Å²) in [6.07, 6.45) is 4.86. The summed E-state index contributed by atoms with van der Waals surface area (Å²) in [5.74, 6) is 2.19. The second-order valence-corrected chi connectivity index (χ2v) is 4.77. The van der Waals surface area contributed by atoms with E-state index in [-0.39, 0.29) is 0 Å². The second kappa shape index (κ2) is 7.93. The number of rotatable bonds is 7. The molecule has 1 atom stereocenters. The van der Waals surface area contributed by atoms with E-state index in [1.54, 1.807) is 0 Å². The average molecular weight is 189 g/mol. The maximum atomic E-state index is 3.45. The van der Waals surface area contributed by atoms with Gasteiger partial charge < -0.3 is 5.32 Å². The van der Waals surface area contributed by atoms with E-state index in [4.69, 9.17) is 0 Å². The summed E-state index contributed by atoms with van der Waals surface area (Å²) in [5.41, 5.74) is 0. The lowest BCUT2D eigenvalue weighted by molar-refractivity contribution is 0.470. The summed E-state index contributed by atoms with van der Waals surface area (Å²) in [6, 6.07) is 0.637. The molecule has 0 bridgehead atoms. The van der Waals surface area contributed by atoms with Gasteiger partial charge in [0.15, 0.2) is 0 Å². The minimum absolute atomic E-state index is 0.637. The first kappa shape index (κ1) is 12.3. The molecule has 0 amide bonds. The first-order valence-corrected chi connectivity index (χ1v) is 6.28. The number of nitrogens with one attached hydrogen (secondary N) is 1. The van der Waals surface area contributed by atoms with Gasteiger partial charge in [0.25, 0.3) is 0 Å². The van der Waals surface area contributed by atoms with Gasteiger partial charge in [0.05, 0.1) is 0 Å². The van der Waals surface area contributed by atoms with Gasteiger partial charge in [-0.15, -0.1) is 0 Å². The van der Waals surface area contributed by atoms with Crippen molar-refractivity contribution in [2.45, 2.75) is 39.7 Å². The molecule has 0 aliphatic heterocycles. The Bertz CT molecular complexity index is 93.8. The molecule has 1 N–H and O–H groups in total. The Morgan fingerprint density at radius 1 is 1.17 bits per heavy atom. The summed E-state index contributed by atoms with van der Waals surface area (Å²) in [4.78, 5) is 0. The van der Waals surface area contributed by atoms with E-state index in [1.807, 2.05) is 11.8 Å². The van der Waals surface area contributed by atoms with Crippen molar-refractivity contribution >= 4 is 11.8 Å². The number of thioether (sulfide) groups is 1. The molecule has 0 aliphatic rings. The fourth-order valence-corrected chi connectivity index (χ4v) is 1.72. The van der Waals surface area contributed by atoms with Gasteiger partial charge in [-0.3, -0.25) is 0 Å². The Morgan fingerprint density at radius 2 is 1.83 bits per heavy atom. The van der Waals surface area contributed by atoms with E-state index in [0.717, 1.165) is 5.92 Å². The monoisotopic (exact) mass is 189 g/mol. The standard InChI is InChI=1S/C10H23NS/c1-9(2)11-7-5-10(3)6-8-12-4/h9-11H,5-8H2,1-4H3. The van der Waals surface area contributed by atoms with Gasteiger partial charge in [0.2, 0.25) is 0 Å². The Hall–Kier alpha value is 0.310. The topological polar surface area (TPSA) is 12.0 Å². The molecule has 0 aromatic carbocycles. The van der Waals surface area contributed by atoms with E-state index < -0.39 is 0 Å². The van der Waals surface area contributed by atoms with Crippen LogP contribution in [0, 0.1) is 5.92 Å². The minimum Gasteiger partial charge on any atom is -0.315 e. The van der Waals surface area contributed by atoms with Crippen molar-refractivity contribution in [3.8, 4) is 0 Å². The molecule has 0 rings (SSSR count). The van der Waals surface area contributed by atoms with E-state index in [2.05, 4.69) is 32.3 Å². The lowest BCUT2D eigenvalue weighted by Gasteiger charge is -2.12. The summed E-state index contributed by atoms with van der Waals surface area (Å²) in [6.45, 7) is 7.92. The molecule has 0 aliphatic carbocycles. The van der Waals surface area contributed by atoms with Crippen molar-refractivity contribution in [3.05, 3.63) is 0 Å². The molecule has 0 saturated carbocycles. The van der Waals surface area contributed by atoms with Crippen LogP contribution in [0.2, 0.25) is 0 Å². The predicted octanol–water partition coefficient (Wildman–Crippen LogP) is 2.76. The Labute approximate surface area is 81.7 Å². The molecule has 1 unspecified atom stereocenters. The highest BCUT2D eigenvalue weighted by molar-refractivity contribution is 7.98. The van der Waals surface area contributed by atoms with Crippen molar-refractivity contribution in [2.24, 2.45) is 5.92 Å². The van der Waals surface area contributed by atoms with Crippen molar-refractivity contribution < 1.29 is 0 Å². The third-order valence-corrected chi connectivity index (χ3v) is 2.65. The molecule has 74 valence electrons. The predicted molar refractivity (Wildman–Crippen MR) is 59.9 cm³/mol. The average Bonchev–Trinajstić information content (AvgIpc) is 2.00. The van der Waals surface area contributed by atoms with Crippen molar-refractivity contribution in [1.82, 2.24) is 5.32 Å². The van der Waals surface area contributed by atoms with Crippen LogP contribution in [0.15, 0.2) is 0 Å². The normalized spacial score (nSPS) is 13.8. The molecule has 0 aromatic rings. The van der Waals surface area contributed by atoms with Crippen LogP contribution in [-0.2, 0) is 0 Å². The molecule has 0 spiro atoms. The first-order chi connectivity index (χ1) is 5.66. The molecule has 0 radical (unpaired) electrons. The molecule has 0 fully saturated rings. The highest BCUT2D eigenvalue weighted by Crippen LogP contribution is 2.09. The number of hydrogen-bond acceptors (Lipinski definition) is 2. The lowest BCUT2D eigenvalue weighted by atomic mass is 10.1. The first-order valence-electron chi connectivity index (χ1n) is 4.89. The smallest absolute Gasteiger partial charge is 0.00103 e. The van der Waals surface area contributed by atoms with Crippen LogP contribution < -0.4 is 5.32 Å². The minimum atomic E-state index is 0.637. The SMILES string of the molecule is CSCCC(C)CCNC(C)C. The van der Waals surface area contributed by atoms with Gasteiger partial charge in [-0.25, -0.2) is 0 Å². The van der Waals surface area contributed by atoms with E-state index >= 15 is 0 Å². The van der Waals surface area contributed by atoms with Crippen molar-refractivity contribution in [2.75, 3.05) is 18.6 Å². The third-order valence-electron chi connectivity index (χ3n) is 2.00. The highest BCUT2D eigenvalue weighted by Gasteiger charge is 2.01. The maximum Gasteiger partial charge on any atom is 0.00103 e. The molecular formula is C10H23NS. The van der Waals surface area contributed by atoms with Gasteiger partial charge >= 0.3 is 0 Å². The van der Waals surface area contributed by atoms with Crippen molar-refractivity contribution in [1.29, 1.82) is 0 Å². The molecule has 0 saturated heterocycles. The van der Waals surface area contributed by atoms with Crippen LogP contribution in [0.3, 0.4) is 0 Å². The quantitative estimate of drug-likeness (QED) is 0.661. The summed E-state index contributed by atoms with van der Waals surface area (Å²) in [5, 5.41) is 3.45. The van der Waals surface area contributed by atoms with Crippen molar-refractivity contribution in [3.63, 3.8) is 0 Å². The molecular weight excluding hydrogens is 166 g/mol. The molecule has 0 aromatic heterocycles. The Balaban J connectivity index is 3.13. The Morgan fingerprint density at radius 3 is 2.33 bits per heavy atom. The second-order valence-electron chi connectivity index (χ2n) is 3.78. The summed E-state index contributed by atoms with van der Waals surface area (Å²) >= 11 is 1.95. The van der Waals surface area contributed by atoms with Gasteiger partial charge in [-0.2, -0.15) is 11.8 Å².